The fraction of sp³-hybridized carbons (Fsp3) is 0.227. The van der Waals surface area contributed by atoms with E-state index < -0.39 is 23.9 Å². The fourth-order valence-electron chi connectivity index (χ4n) is 11.2. The summed E-state index contributed by atoms with van der Waals surface area (Å²) in [6.45, 7) is 5.51. The number of anilines is 8. The number of fused-ring (bicyclic) bond motifs is 5. The highest BCUT2D eigenvalue weighted by Gasteiger charge is 2.36. The number of benzene rings is 8. The summed E-state index contributed by atoms with van der Waals surface area (Å²) in [5.41, 5.74) is 8.89. The van der Waals surface area contributed by atoms with Crippen LogP contribution in [0.15, 0.2) is 199 Å². The van der Waals surface area contributed by atoms with Gasteiger partial charge in [-0.25, -0.2) is 57.3 Å². The van der Waals surface area contributed by atoms with Gasteiger partial charge in [0, 0.05) is 34.6 Å². The lowest BCUT2D eigenvalue weighted by atomic mass is 10.1. The van der Waals surface area contributed by atoms with Crippen molar-refractivity contribution >= 4 is 121 Å². The minimum atomic E-state index is -0.536. The summed E-state index contributed by atoms with van der Waals surface area (Å²) in [5, 5.41) is 13.6. The molecule has 0 atom stereocenters. The van der Waals surface area contributed by atoms with Gasteiger partial charge in [-0.05, 0) is 144 Å². The van der Waals surface area contributed by atoms with Crippen molar-refractivity contribution in [2.75, 3.05) is 53.5 Å². The molecule has 0 unspecified atom stereocenters. The van der Waals surface area contributed by atoms with Gasteiger partial charge in [0.25, 0.3) is 0 Å². The van der Waals surface area contributed by atoms with Crippen LogP contribution in [-0.2, 0) is 56.1 Å². The normalized spacial score (nSPS) is 13.4. The van der Waals surface area contributed by atoms with E-state index in [0.717, 1.165) is 67.9 Å². The molecule has 5 aliphatic heterocycles. The summed E-state index contributed by atoms with van der Waals surface area (Å²) >= 11 is 3.33. The van der Waals surface area contributed by atoms with Crippen molar-refractivity contribution in [2.45, 2.75) is 97.3 Å². The molecule has 15 amide bonds. The predicted octanol–water partition coefficient (Wildman–Crippen LogP) is 15.2. The topological polar surface area (TPSA) is 247 Å². The number of nitrogens with zero attached hydrogens (tertiary/aromatic N) is 5. The third-order valence-electron chi connectivity index (χ3n) is 16.0. The van der Waals surface area contributed by atoms with E-state index in [-0.39, 0.29) is 66.7 Å². The van der Waals surface area contributed by atoms with Crippen LogP contribution in [0.25, 0.3) is 0 Å². The number of urea groups is 5. The monoisotopic (exact) mass is 1390 g/mol. The number of para-hydroxylation sites is 5. The van der Waals surface area contributed by atoms with Crippen molar-refractivity contribution in [3.63, 3.8) is 0 Å². The Bertz CT molecular complexity index is 4110. The molecule has 8 aromatic carbocycles. The predicted molar refractivity (Wildman–Crippen MR) is 377 cm³/mol. The van der Waals surface area contributed by atoms with E-state index in [1.54, 1.807) is 60.7 Å². The van der Waals surface area contributed by atoms with Crippen LogP contribution in [0.5, 0.6) is 0 Å². The number of nitrogens with one attached hydrogen (secondary N) is 5. The van der Waals surface area contributed by atoms with Gasteiger partial charge >= 0.3 is 30.2 Å². The van der Waals surface area contributed by atoms with E-state index in [0.29, 0.717) is 71.3 Å². The Kier molecular flexibility index (Phi) is 25.0. The number of rotatable bonds is 13. The number of carbonyl (C=O) groups excluding carboxylic acids is 10. The number of carbonyl (C=O) groups is 10. The Labute approximate surface area is 574 Å². The van der Waals surface area contributed by atoms with Crippen LogP contribution < -0.4 is 51.1 Å². The molecule has 0 fully saturated rings. The van der Waals surface area contributed by atoms with Crippen molar-refractivity contribution in [1.29, 1.82) is 0 Å². The summed E-state index contributed by atoms with van der Waals surface area (Å²) in [6.07, 6.45) is 10.2. The smallest absolute Gasteiger partial charge is 0.333 e. The lowest BCUT2D eigenvalue weighted by Gasteiger charge is -2.16. The number of hydrogen-bond acceptors (Lipinski definition) is 10. The number of halogens is 3. The molecule has 504 valence electrons. The molecular formula is C75H73BrF2N10O10. The van der Waals surface area contributed by atoms with Crippen LogP contribution in [0.1, 0.15) is 93.0 Å². The maximum Gasteiger partial charge on any atom is 0.333 e. The molecule has 0 spiro atoms. The van der Waals surface area contributed by atoms with E-state index >= 15 is 0 Å². The van der Waals surface area contributed by atoms with E-state index in [4.69, 9.17) is 0 Å². The minimum Gasteiger partial charge on any atom is -0.337 e. The quantitative estimate of drug-likeness (QED) is 0.0683. The molecule has 5 aliphatic rings. The van der Waals surface area contributed by atoms with Crippen molar-refractivity contribution < 1.29 is 56.7 Å². The Balaban J connectivity index is 0.000000144. The van der Waals surface area contributed by atoms with E-state index in [1.807, 2.05) is 91.0 Å². The molecule has 23 heteroatoms. The molecule has 0 aromatic heterocycles. The number of imide groups is 5. The van der Waals surface area contributed by atoms with Crippen LogP contribution >= 0.6 is 15.9 Å². The molecule has 0 saturated carbocycles. The van der Waals surface area contributed by atoms with Gasteiger partial charge in [0.05, 0.1) is 60.5 Å². The van der Waals surface area contributed by atoms with Crippen LogP contribution in [-0.4, -0.2) is 72.8 Å². The van der Waals surface area contributed by atoms with Gasteiger partial charge in [0.2, 0.25) is 29.5 Å². The molecule has 0 radical (unpaired) electrons. The Morgan fingerprint density at radius 3 is 1.05 bits per heavy atom. The zero-order valence-electron chi connectivity index (χ0n) is 54.0. The second-order valence-corrected chi connectivity index (χ2v) is 24.0. The van der Waals surface area contributed by atoms with Crippen LogP contribution in [0.2, 0.25) is 0 Å². The largest absolute Gasteiger partial charge is 0.337 e. The van der Waals surface area contributed by atoms with Gasteiger partial charge in [-0.3, -0.25) is 24.0 Å². The highest BCUT2D eigenvalue weighted by atomic mass is 79.9. The Hall–Kier alpha value is -11.2. The van der Waals surface area contributed by atoms with Crippen LogP contribution in [0, 0.1) is 11.6 Å². The van der Waals surface area contributed by atoms with Gasteiger partial charge in [0.15, 0.2) is 0 Å². The maximum atomic E-state index is 13.1. The summed E-state index contributed by atoms with van der Waals surface area (Å²) in [6, 6.07) is 52.6. The first kappa shape index (κ1) is 71.1. The van der Waals surface area contributed by atoms with Gasteiger partial charge in [0.1, 0.15) is 11.6 Å². The van der Waals surface area contributed by atoms with Crippen molar-refractivity contribution in [1.82, 2.24) is 10.6 Å². The number of hydrogen-bond donors (Lipinski definition) is 5. The second kappa shape index (κ2) is 34.5. The standard InChI is InChI=1S/C17H24N2O2.C15H11BrN2O2.2C15H11FN2O2.C13H16N2O2/c1-2-3-4-5-6-9-12-18-17(21)19-15-11-8-7-10-14(15)13-16(19)20;2*16-11-5-7-12(8-6-11)17-15(20)18-13-4-2-1-3-10(13)9-14(18)19;16-11-6-7-13-10(8-11)9-14(19)18(13)15(20)17-12-4-2-1-3-5-12;1-2-3-8-14-13(17)15-11-7-5-4-6-10(11)9-12(15)16/h7-8,10-11H,2-6,9,12-13H2,1H3,(H,18,21);3*1-8H,9H2,(H,17,20);4-7H,2-3,8-9H2,1H3,(H,14,17). The first-order valence-electron chi connectivity index (χ1n) is 32.2. The number of unbranched alkanes of at least 4 members (excludes halogenated alkanes) is 6. The first-order chi connectivity index (χ1) is 47.4. The third kappa shape index (κ3) is 18.4. The van der Waals surface area contributed by atoms with E-state index in [1.165, 1.54) is 82.8 Å². The molecule has 20 nitrogen and oxygen atoms in total. The van der Waals surface area contributed by atoms with Crippen molar-refractivity contribution in [3.8, 4) is 0 Å². The molecular weight excluding hydrogens is 1320 g/mol. The van der Waals surface area contributed by atoms with Gasteiger partial charge < -0.3 is 26.6 Å². The maximum absolute atomic E-state index is 13.1. The zero-order chi connectivity index (χ0) is 69.7. The SMILES string of the molecule is CCCCCCCCNC(=O)N1C(=O)Cc2ccccc21.CCCCNC(=O)N1C(=O)Cc2ccccc21.O=C1Cc2cc(F)ccc2N1C(=O)Nc1ccccc1.O=C1Cc2ccccc2N1C(=O)Nc1ccc(Br)cc1.O=C1Cc2ccccc2N1C(=O)Nc1ccc(F)cc1. The van der Waals surface area contributed by atoms with Crippen molar-refractivity contribution in [3.05, 3.63) is 238 Å². The Morgan fingerprint density at radius 2 is 0.643 bits per heavy atom. The van der Waals surface area contributed by atoms with E-state index in [9.17, 15) is 56.7 Å². The number of amides is 15. The highest BCUT2D eigenvalue weighted by molar-refractivity contribution is 9.10. The molecule has 13 rings (SSSR count). The first-order valence-corrected chi connectivity index (χ1v) is 33.0. The van der Waals surface area contributed by atoms with Gasteiger partial charge in [-0.1, -0.05) is 159 Å². The summed E-state index contributed by atoms with van der Waals surface area (Å²) in [7, 11) is 0. The minimum absolute atomic E-state index is 0.0370. The molecule has 0 aliphatic carbocycles. The summed E-state index contributed by atoms with van der Waals surface area (Å²) in [4.78, 5) is 126. The van der Waals surface area contributed by atoms with Crippen molar-refractivity contribution in [2.24, 2.45) is 0 Å². The second-order valence-electron chi connectivity index (χ2n) is 23.1. The molecule has 8 aromatic rings. The average Bonchev–Trinajstić information content (AvgIpc) is 1.61. The highest BCUT2D eigenvalue weighted by Crippen LogP contribution is 2.34. The zero-order valence-corrected chi connectivity index (χ0v) is 55.6. The van der Waals surface area contributed by atoms with Gasteiger partial charge in [-0.15, -0.1) is 0 Å². The van der Waals surface area contributed by atoms with E-state index in [2.05, 4.69) is 56.4 Å². The fourth-order valence-corrected chi connectivity index (χ4v) is 11.4. The average molecular weight is 1390 g/mol. The summed E-state index contributed by atoms with van der Waals surface area (Å²) in [5.74, 6) is -1.94. The lowest BCUT2D eigenvalue weighted by Crippen LogP contribution is -2.42. The van der Waals surface area contributed by atoms with Gasteiger partial charge in [-0.2, -0.15) is 0 Å². The lowest BCUT2D eigenvalue weighted by molar-refractivity contribution is -0.117. The third-order valence-corrected chi connectivity index (χ3v) is 16.5. The van der Waals surface area contributed by atoms with Crippen LogP contribution in [0.4, 0.5) is 78.3 Å². The molecule has 0 bridgehead atoms. The molecule has 5 heterocycles. The summed E-state index contributed by atoms with van der Waals surface area (Å²) < 4.78 is 26.9. The Morgan fingerprint density at radius 1 is 0.337 bits per heavy atom. The molecule has 98 heavy (non-hydrogen) atoms. The molecule has 0 saturated heterocycles. The molecule has 5 N–H and O–H groups in total. The van der Waals surface area contributed by atoms with Crippen LogP contribution in [0.3, 0.4) is 0 Å².